The molecule has 17 heavy (non-hydrogen) atoms. The minimum Gasteiger partial charge on any atom is -0.369 e. The van der Waals surface area contributed by atoms with Gasteiger partial charge in [-0.3, -0.25) is 9.69 Å². The van der Waals surface area contributed by atoms with Gasteiger partial charge in [0, 0.05) is 22.3 Å². The number of thiophene rings is 1. The maximum absolute atomic E-state index is 11.1. The standard InChI is InChI=1S/C12H21N3OS/c1-8(2)15(7-12(14)16)10(6-13)11-5-4-9(3)17-11/h4-5,8,10H,6-7,13H2,1-3H3,(H2,14,16). The van der Waals surface area contributed by atoms with Crippen molar-refractivity contribution in [2.75, 3.05) is 13.1 Å². The van der Waals surface area contributed by atoms with Crippen molar-refractivity contribution in [2.24, 2.45) is 11.5 Å². The Morgan fingerprint density at radius 1 is 1.47 bits per heavy atom. The molecule has 0 fully saturated rings. The lowest BCUT2D eigenvalue weighted by Crippen LogP contribution is -2.43. The van der Waals surface area contributed by atoms with Crippen LogP contribution in [-0.2, 0) is 4.79 Å². The molecule has 0 aromatic carbocycles. The Balaban J connectivity index is 2.92. The molecule has 1 aromatic rings. The molecule has 4 nitrogen and oxygen atoms in total. The van der Waals surface area contributed by atoms with Gasteiger partial charge in [-0.05, 0) is 32.9 Å². The van der Waals surface area contributed by atoms with Crippen molar-refractivity contribution < 1.29 is 4.79 Å². The Bertz CT molecular complexity index is 376. The largest absolute Gasteiger partial charge is 0.369 e. The number of nitrogens with zero attached hydrogens (tertiary/aromatic N) is 1. The van der Waals surface area contributed by atoms with Gasteiger partial charge in [-0.2, -0.15) is 0 Å². The van der Waals surface area contributed by atoms with Gasteiger partial charge in [-0.1, -0.05) is 0 Å². The van der Waals surface area contributed by atoms with E-state index < -0.39 is 0 Å². The third-order valence-electron chi connectivity index (χ3n) is 2.71. The molecule has 1 amide bonds. The fourth-order valence-electron chi connectivity index (χ4n) is 1.88. The zero-order valence-corrected chi connectivity index (χ0v) is 11.5. The highest BCUT2D eigenvalue weighted by atomic mass is 32.1. The Morgan fingerprint density at radius 2 is 2.12 bits per heavy atom. The summed E-state index contributed by atoms with van der Waals surface area (Å²) in [6, 6.07) is 4.46. The van der Waals surface area contributed by atoms with Gasteiger partial charge < -0.3 is 11.5 Å². The molecule has 1 rings (SSSR count). The van der Waals surface area contributed by atoms with Crippen LogP contribution in [0.25, 0.3) is 0 Å². The van der Waals surface area contributed by atoms with Gasteiger partial charge in [0.2, 0.25) is 5.91 Å². The summed E-state index contributed by atoms with van der Waals surface area (Å²) in [5.41, 5.74) is 11.1. The van der Waals surface area contributed by atoms with E-state index in [4.69, 9.17) is 11.5 Å². The molecule has 1 atom stereocenters. The highest BCUT2D eigenvalue weighted by Gasteiger charge is 2.24. The summed E-state index contributed by atoms with van der Waals surface area (Å²) in [6.45, 7) is 6.90. The first kappa shape index (κ1) is 14.2. The number of aryl methyl sites for hydroxylation is 1. The van der Waals surface area contributed by atoms with Gasteiger partial charge in [0.15, 0.2) is 0 Å². The van der Waals surface area contributed by atoms with Gasteiger partial charge >= 0.3 is 0 Å². The van der Waals surface area contributed by atoms with Crippen LogP contribution < -0.4 is 11.5 Å². The SMILES string of the molecule is Cc1ccc(C(CN)N(CC(N)=O)C(C)C)s1. The van der Waals surface area contributed by atoms with Crippen molar-refractivity contribution in [2.45, 2.75) is 32.9 Å². The fourth-order valence-corrected chi connectivity index (χ4v) is 2.89. The Morgan fingerprint density at radius 3 is 2.47 bits per heavy atom. The van der Waals surface area contributed by atoms with E-state index in [0.29, 0.717) is 6.54 Å². The number of hydrogen-bond acceptors (Lipinski definition) is 4. The van der Waals surface area contributed by atoms with Crippen molar-refractivity contribution in [1.82, 2.24) is 4.90 Å². The predicted octanol–water partition coefficient (Wildman–Crippen LogP) is 1.25. The van der Waals surface area contributed by atoms with Crippen molar-refractivity contribution >= 4 is 17.2 Å². The monoisotopic (exact) mass is 255 g/mol. The lowest BCUT2D eigenvalue weighted by Gasteiger charge is -2.32. The maximum atomic E-state index is 11.1. The zero-order valence-electron chi connectivity index (χ0n) is 10.6. The molecular weight excluding hydrogens is 234 g/mol. The second-order valence-electron chi connectivity index (χ2n) is 4.43. The van der Waals surface area contributed by atoms with E-state index in [1.807, 2.05) is 18.7 Å². The molecule has 0 aliphatic heterocycles. The number of amides is 1. The molecule has 0 bridgehead atoms. The van der Waals surface area contributed by atoms with Crippen LogP contribution in [-0.4, -0.2) is 29.9 Å². The molecule has 0 aliphatic rings. The molecule has 1 heterocycles. The average Bonchev–Trinajstić information content (AvgIpc) is 2.64. The second kappa shape index (κ2) is 6.14. The molecule has 0 spiro atoms. The van der Waals surface area contributed by atoms with Gasteiger partial charge in [-0.15, -0.1) is 11.3 Å². The molecular formula is C12H21N3OS. The van der Waals surface area contributed by atoms with E-state index in [1.54, 1.807) is 11.3 Å². The number of rotatable bonds is 6. The van der Waals surface area contributed by atoms with Crippen LogP contribution in [0.3, 0.4) is 0 Å². The molecule has 96 valence electrons. The van der Waals surface area contributed by atoms with Crippen LogP contribution in [0.2, 0.25) is 0 Å². The molecule has 1 aromatic heterocycles. The number of carbonyl (C=O) groups is 1. The number of carbonyl (C=O) groups excluding carboxylic acids is 1. The maximum Gasteiger partial charge on any atom is 0.231 e. The minimum atomic E-state index is -0.314. The minimum absolute atomic E-state index is 0.0706. The molecule has 0 saturated carbocycles. The van der Waals surface area contributed by atoms with Crippen LogP contribution in [0, 0.1) is 6.92 Å². The van der Waals surface area contributed by atoms with E-state index in [2.05, 4.69) is 19.1 Å². The predicted molar refractivity (Wildman–Crippen MR) is 71.9 cm³/mol. The third kappa shape index (κ3) is 3.80. The highest BCUT2D eigenvalue weighted by Crippen LogP contribution is 2.28. The normalized spacial score (nSPS) is 13.3. The summed E-state index contributed by atoms with van der Waals surface area (Å²) in [5, 5.41) is 0. The van der Waals surface area contributed by atoms with Gasteiger partial charge in [0.05, 0.1) is 12.6 Å². The summed E-state index contributed by atoms with van der Waals surface area (Å²) in [7, 11) is 0. The number of hydrogen-bond donors (Lipinski definition) is 2. The highest BCUT2D eigenvalue weighted by molar-refractivity contribution is 7.12. The Labute approximate surface area is 107 Å². The summed E-state index contributed by atoms with van der Waals surface area (Å²) < 4.78 is 0. The fraction of sp³-hybridized carbons (Fsp3) is 0.583. The van der Waals surface area contributed by atoms with Gasteiger partial charge in [0.25, 0.3) is 0 Å². The Hall–Kier alpha value is -0.910. The van der Waals surface area contributed by atoms with Gasteiger partial charge in [-0.25, -0.2) is 0 Å². The van der Waals surface area contributed by atoms with E-state index in [1.165, 1.54) is 9.75 Å². The molecule has 1 unspecified atom stereocenters. The van der Waals surface area contributed by atoms with Gasteiger partial charge in [0.1, 0.15) is 0 Å². The second-order valence-corrected chi connectivity index (χ2v) is 5.75. The van der Waals surface area contributed by atoms with Crippen molar-refractivity contribution in [3.8, 4) is 0 Å². The Kier molecular flexibility index (Phi) is 5.11. The summed E-state index contributed by atoms with van der Waals surface area (Å²) in [4.78, 5) is 15.6. The van der Waals surface area contributed by atoms with Crippen molar-refractivity contribution in [3.05, 3.63) is 21.9 Å². The molecule has 0 aliphatic carbocycles. The van der Waals surface area contributed by atoms with E-state index in [-0.39, 0.29) is 24.5 Å². The van der Waals surface area contributed by atoms with E-state index in [0.717, 1.165) is 0 Å². The molecule has 5 heteroatoms. The molecule has 0 saturated heterocycles. The van der Waals surface area contributed by atoms with E-state index >= 15 is 0 Å². The summed E-state index contributed by atoms with van der Waals surface area (Å²) >= 11 is 1.72. The van der Waals surface area contributed by atoms with E-state index in [9.17, 15) is 4.79 Å². The van der Waals surface area contributed by atoms with Crippen LogP contribution in [0.15, 0.2) is 12.1 Å². The zero-order chi connectivity index (χ0) is 13.0. The first-order chi connectivity index (χ1) is 7.95. The third-order valence-corrected chi connectivity index (χ3v) is 3.82. The van der Waals surface area contributed by atoms with Crippen LogP contribution in [0.5, 0.6) is 0 Å². The van der Waals surface area contributed by atoms with Crippen LogP contribution in [0.1, 0.15) is 29.6 Å². The first-order valence-corrected chi connectivity index (χ1v) is 6.57. The van der Waals surface area contributed by atoms with Crippen LogP contribution >= 0.6 is 11.3 Å². The molecule has 0 radical (unpaired) electrons. The lowest BCUT2D eigenvalue weighted by atomic mass is 10.1. The first-order valence-electron chi connectivity index (χ1n) is 5.76. The van der Waals surface area contributed by atoms with Crippen LogP contribution in [0.4, 0.5) is 0 Å². The lowest BCUT2D eigenvalue weighted by molar-refractivity contribution is -0.120. The van der Waals surface area contributed by atoms with Crippen molar-refractivity contribution in [1.29, 1.82) is 0 Å². The summed E-state index contributed by atoms with van der Waals surface area (Å²) in [6.07, 6.45) is 0. The summed E-state index contributed by atoms with van der Waals surface area (Å²) in [5.74, 6) is -0.314. The quantitative estimate of drug-likeness (QED) is 0.803. The number of primary amides is 1. The molecule has 4 N–H and O–H groups in total. The van der Waals surface area contributed by atoms with Crippen molar-refractivity contribution in [3.63, 3.8) is 0 Å². The average molecular weight is 255 g/mol. The number of nitrogens with two attached hydrogens (primary N) is 2. The smallest absolute Gasteiger partial charge is 0.231 e. The topological polar surface area (TPSA) is 72.3 Å².